The van der Waals surface area contributed by atoms with Crippen molar-refractivity contribution in [3.63, 3.8) is 0 Å². The number of hydrogen-bond acceptors (Lipinski definition) is 5. The Labute approximate surface area is 156 Å². The van der Waals surface area contributed by atoms with Crippen molar-refractivity contribution < 1.29 is 23.9 Å². The number of esters is 2. The number of ether oxygens (including phenoxy) is 2. The Morgan fingerprint density at radius 3 is 2.00 bits per heavy atom. The lowest BCUT2D eigenvalue weighted by Gasteiger charge is -2.18. The lowest BCUT2D eigenvalue weighted by molar-refractivity contribution is -0.165. The van der Waals surface area contributed by atoms with Crippen LogP contribution in [0.5, 0.6) is 0 Å². The Hall–Kier alpha value is -2.17. The van der Waals surface area contributed by atoms with Crippen molar-refractivity contribution in [3.05, 3.63) is 36.5 Å². The number of rotatable bonds is 12. The average Bonchev–Trinajstić information content (AvgIpc) is 2.94. The van der Waals surface area contributed by atoms with Gasteiger partial charge in [0.2, 0.25) is 6.10 Å². The van der Waals surface area contributed by atoms with Crippen molar-refractivity contribution >= 4 is 17.7 Å². The molecule has 0 aromatic heterocycles. The molecule has 1 rings (SSSR count). The highest BCUT2D eigenvalue weighted by Crippen LogP contribution is 2.17. The van der Waals surface area contributed by atoms with Crippen LogP contribution in [0.25, 0.3) is 0 Å². The predicted octanol–water partition coefficient (Wildman–Crippen LogP) is 4.22. The highest BCUT2D eigenvalue weighted by Gasteiger charge is 2.36. The Kier molecular flexibility index (Phi) is 11.0. The van der Waals surface area contributed by atoms with Crippen LogP contribution in [-0.2, 0) is 23.9 Å². The van der Waals surface area contributed by atoms with Gasteiger partial charge in [-0.2, -0.15) is 0 Å². The summed E-state index contributed by atoms with van der Waals surface area (Å²) in [4.78, 5) is 35.6. The fourth-order valence-electron chi connectivity index (χ4n) is 2.40. The number of allylic oxidation sites excluding steroid dienone is 2. The molecule has 0 radical (unpaired) electrons. The van der Waals surface area contributed by atoms with E-state index in [0.29, 0.717) is 0 Å². The van der Waals surface area contributed by atoms with Gasteiger partial charge in [-0.1, -0.05) is 63.8 Å². The zero-order valence-corrected chi connectivity index (χ0v) is 15.8. The quantitative estimate of drug-likeness (QED) is 0.295. The van der Waals surface area contributed by atoms with Gasteiger partial charge in [0.25, 0.3) is 0 Å². The summed E-state index contributed by atoms with van der Waals surface area (Å²) in [6.45, 7) is 4.21. The molecule has 0 aliphatic heterocycles. The second kappa shape index (κ2) is 13.1. The molecule has 0 N–H and O–H groups in total. The van der Waals surface area contributed by atoms with Crippen LogP contribution in [0.15, 0.2) is 36.5 Å². The molecule has 0 bridgehead atoms. The summed E-state index contributed by atoms with van der Waals surface area (Å²) in [5.74, 6) is -1.30. The first-order valence-electron chi connectivity index (χ1n) is 9.49. The van der Waals surface area contributed by atoms with E-state index in [0.717, 1.165) is 38.5 Å². The molecule has 0 aromatic rings. The molecular weight excluding hydrogens is 332 g/mol. The van der Waals surface area contributed by atoms with Crippen molar-refractivity contribution in [1.29, 1.82) is 0 Å². The molecule has 2 atom stereocenters. The summed E-state index contributed by atoms with van der Waals surface area (Å²) in [5, 5.41) is 0. The molecule has 0 saturated carbocycles. The first kappa shape index (κ1) is 21.9. The standard InChI is InChI=1S/C21H30O5/c1-3-5-7-9-11-13-19(23)25-18-16-15-17(22)21(18)26-20(24)14-12-10-8-6-4-2/h9-12,15-16,18,21H,3-8,13-14H2,1-2H3. The molecule has 1 aliphatic rings. The molecule has 5 heteroatoms. The van der Waals surface area contributed by atoms with Crippen LogP contribution < -0.4 is 0 Å². The molecule has 26 heavy (non-hydrogen) atoms. The van der Waals surface area contributed by atoms with Gasteiger partial charge in [-0.15, -0.1) is 0 Å². The van der Waals surface area contributed by atoms with Crippen LogP contribution in [-0.4, -0.2) is 29.9 Å². The van der Waals surface area contributed by atoms with E-state index in [9.17, 15) is 14.4 Å². The van der Waals surface area contributed by atoms with Crippen molar-refractivity contribution in [2.75, 3.05) is 0 Å². The van der Waals surface area contributed by atoms with Gasteiger partial charge in [-0.05, 0) is 25.0 Å². The molecule has 0 heterocycles. The van der Waals surface area contributed by atoms with Gasteiger partial charge in [0.15, 0.2) is 11.9 Å². The van der Waals surface area contributed by atoms with Crippen LogP contribution in [0.1, 0.15) is 65.2 Å². The van der Waals surface area contributed by atoms with Gasteiger partial charge in [-0.3, -0.25) is 14.4 Å². The summed E-state index contributed by atoms with van der Waals surface area (Å²) in [6, 6.07) is 0. The highest BCUT2D eigenvalue weighted by atomic mass is 16.6. The second-order valence-corrected chi connectivity index (χ2v) is 6.26. The van der Waals surface area contributed by atoms with Crippen molar-refractivity contribution in [3.8, 4) is 0 Å². The van der Waals surface area contributed by atoms with Gasteiger partial charge >= 0.3 is 11.9 Å². The molecule has 0 fully saturated rings. The highest BCUT2D eigenvalue weighted by molar-refractivity contribution is 5.98. The number of ketones is 1. The first-order chi connectivity index (χ1) is 12.6. The minimum atomic E-state index is -1.07. The lowest BCUT2D eigenvalue weighted by atomic mass is 10.2. The van der Waals surface area contributed by atoms with E-state index in [1.54, 1.807) is 12.2 Å². The minimum absolute atomic E-state index is 0.105. The van der Waals surface area contributed by atoms with Gasteiger partial charge < -0.3 is 9.47 Å². The number of carbonyl (C=O) groups is 3. The summed E-state index contributed by atoms with van der Waals surface area (Å²) < 4.78 is 10.5. The third-order valence-corrected chi connectivity index (χ3v) is 3.91. The zero-order valence-electron chi connectivity index (χ0n) is 15.8. The predicted molar refractivity (Wildman–Crippen MR) is 100 cm³/mol. The Morgan fingerprint density at radius 1 is 0.923 bits per heavy atom. The van der Waals surface area contributed by atoms with Crippen LogP contribution in [0, 0.1) is 0 Å². The Morgan fingerprint density at radius 2 is 1.46 bits per heavy atom. The second-order valence-electron chi connectivity index (χ2n) is 6.26. The van der Waals surface area contributed by atoms with E-state index >= 15 is 0 Å². The molecule has 144 valence electrons. The molecule has 0 amide bonds. The van der Waals surface area contributed by atoms with E-state index in [1.165, 1.54) is 12.2 Å². The van der Waals surface area contributed by atoms with Gasteiger partial charge in [0.05, 0.1) is 12.8 Å². The summed E-state index contributed by atoms with van der Waals surface area (Å²) in [6.07, 6.45) is 14.7. The summed E-state index contributed by atoms with van der Waals surface area (Å²) in [7, 11) is 0. The van der Waals surface area contributed by atoms with Gasteiger partial charge in [0.1, 0.15) is 0 Å². The van der Waals surface area contributed by atoms with Crippen LogP contribution in [0.3, 0.4) is 0 Å². The van der Waals surface area contributed by atoms with Crippen molar-refractivity contribution in [2.45, 2.75) is 77.4 Å². The molecule has 0 saturated heterocycles. The zero-order chi connectivity index (χ0) is 19.2. The lowest BCUT2D eigenvalue weighted by Crippen LogP contribution is -2.35. The molecule has 0 aromatic carbocycles. The number of carbonyl (C=O) groups excluding carboxylic acids is 3. The normalized spacial score (nSPS) is 19.5. The van der Waals surface area contributed by atoms with Crippen LogP contribution in [0.2, 0.25) is 0 Å². The Bertz CT molecular complexity index is 545. The largest absolute Gasteiger partial charge is 0.453 e. The fraction of sp³-hybridized carbons (Fsp3) is 0.571. The van der Waals surface area contributed by atoms with E-state index < -0.39 is 24.1 Å². The van der Waals surface area contributed by atoms with E-state index in [-0.39, 0.29) is 18.6 Å². The molecule has 5 nitrogen and oxygen atoms in total. The van der Waals surface area contributed by atoms with E-state index in [2.05, 4.69) is 13.8 Å². The molecule has 0 spiro atoms. The summed E-state index contributed by atoms with van der Waals surface area (Å²) in [5.41, 5.74) is 0. The van der Waals surface area contributed by atoms with Gasteiger partial charge in [-0.25, -0.2) is 0 Å². The van der Waals surface area contributed by atoms with E-state index in [1.807, 2.05) is 12.2 Å². The topological polar surface area (TPSA) is 69.7 Å². The monoisotopic (exact) mass is 362 g/mol. The minimum Gasteiger partial charge on any atom is -0.453 e. The van der Waals surface area contributed by atoms with Crippen molar-refractivity contribution in [2.24, 2.45) is 0 Å². The maximum atomic E-state index is 11.9. The van der Waals surface area contributed by atoms with Crippen LogP contribution in [0.4, 0.5) is 0 Å². The molecular formula is C21H30O5. The van der Waals surface area contributed by atoms with E-state index in [4.69, 9.17) is 9.47 Å². The average molecular weight is 362 g/mol. The fourth-order valence-corrected chi connectivity index (χ4v) is 2.40. The smallest absolute Gasteiger partial charge is 0.310 e. The third-order valence-electron chi connectivity index (χ3n) is 3.91. The maximum absolute atomic E-state index is 11.9. The summed E-state index contributed by atoms with van der Waals surface area (Å²) >= 11 is 0. The number of hydrogen-bond donors (Lipinski definition) is 0. The van der Waals surface area contributed by atoms with Crippen LogP contribution >= 0.6 is 0 Å². The van der Waals surface area contributed by atoms with Gasteiger partial charge in [0, 0.05) is 0 Å². The SMILES string of the molecule is CCCCC=CCC(=O)OC1C=CC(=O)C1OC(=O)CC=CCCCC. The maximum Gasteiger partial charge on any atom is 0.310 e. The first-order valence-corrected chi connectivity index (χ1v) is 9.49. The molecule has 2 unspecified atom stereocenters. The van der Waals surface area contributed by atoms with Crippen molar-refractivity contribution in [1.82, 2.24) is 0 Å². The molecule has 1 aliphatic carbocycles. The Balaban J connectivity index is 2.40. The number of unbranched alkanes of at least 4 members (excludes halogenated alkanes) is 4. The third kappa shape index (κ3) is 8.79.